The van der Waals surface area contributed by atoms with E-state index in [0.29, 0.717) is 5.92 Å². The van der Waals surface area contributed by atoms with E-state index in [-0.39, 0.29) is 0 Å². The van der Waals surface area contributed by atoms with Gasteiger partial charge in [0.25, 0.3) is 0 Å². The average molecular weight is 232 g/mol. The summed E-state index contributed by atoms with van der Waals surface area (Å²) in [6.07, 6.45) is 4.81. The monoisotopic (exact) mass is 232 g/mol. The Morgan fingerprint density at radius 1 is 1.31 bits per heavy atom. The summed E-state index contributed by atoms with van der Waals surface area (Å²) < 4.78 is 0. The molecule has 16 heavy (non-hydrogen) atoms. The van der Waals surface area contributed by atoms with Crippen molar-refractivity contribution >= 4 is 11.3 Å². The summed E-state index contributed by atoms with van der Waals surface area (Å²) in [4.78, 5) is 10.2. The van der Waals surface area contributed by atoms with Crippen molar-refractivity contribution in [2.75, 3.05) is 0 Å². The lowest BCUT2D eigenvalue weighted by molar-refractivity contribution is 0.885. The van der Waals surface area contributed by atoms with Crippen LogP contribution in [-0.4, -0.2) is 9.97 Å². The quantitative estimate of drug-likeness (QED) is 0.802. The van der Waals surface area contributed by atoms with Crippen LogP contribution in [0.15, 0.2) is 24.5 Å². The van der Waals surface area contributed by atoms with Crippen LogP contribution >= 0.6 is 11.3 Å². The van der Waals surface area contributed by atoms with Crippen LogP contribution in [0.4, 0.5) is 0 Å². The number of thiazole rings is 1. The summed E-state index contributed by atoms with van der Waals surface area (Å²) in [5, 5.41) is 1.04. The van der Waals surface area contributed by atoms with Gasteiger partial charge in [0.1, 0.15) is 10.7 Å². The highest BCUT2D eigenvalue weighted by atomic mass is 32.1. The first kappa shape index (κ1) is 11.3. The second-order valence-electron chi connectivity index (χ2n) is 4.09. The van der Waals surface area contributed by atoms with E-state index in [4.69, 9.17) is 0 Å². The maximum atomic E-state index is 4.47. The summed E-state index contributed by atoms with van der Waals surface area (Å²) in [6.45, 7) is 6.53. The third-order valence-corrected chi connectivity index (χ3v) is 3.87. The van der Waals surface area contributed by atoms with E-state index in [9.17, 15) is 0 Å². The van der Waals surface area contributed by atoms with Crippen molar-refractivity contribution in [2.24, 2.45) is 0 Å². The third-order valence-electron chi connectivity index (χ3n) is 2.57. The molecule has 2 aromatic rings. The van der Waals surface area contributed by atoms with Gasteiger partial charge < -0.3 is 0 Å². The van der Waals surface area contributed by atoms with Crippen LogP contribution in [0.5, 0.6) is 0 Å². The van der Waals surface area contributed by atoms with Gasteiger partial charge in [-0.1, -0.05) is 26.8 Å². The number of rotatable bonds is 3. The Hall–Kier alpha value is -1.22. The Morgan fingerprint density at radius 3 is 2.75 bits per heavy atom. The van der Waals surface area contributed by atoms with Crippen molar-refractivity contribution in [1.29, 1.82) is 0 Å². The molecule has 0 saturated heterocycles. The fraction of sp³-hybridized carbons (Fsp3) is 0.385. The fourth-order valence-electron chi connectivity index (χ4n) is 1.58. The minimum atomic E-state index is 0.542. The number of aromatic nitrogens is 2. The van der Waals surface area contributed by atoms with Crippen molar-refractivity contribution in [1.82, 2.24) is 9.97 Å². The Labute approximate surface area is 100 Å². The molecule has 84 valence electrons. The first-order valence-electron chi connectivity index (χ1n) is 5.62. The lowest BCUT2D eigenvalue weighted by atomic mass is 10.1. The zero-order valence-electron chi connectivity index (χ0n) is 9.90. The molecule has 0 spiro atoms. The van der Waals surface area contributed by atoms with Crippen LogP contribution < -0.4 is 0 Å². The second-order valence-corrected chi connectivity index (χ2v) is 5.15. The molecule has 3 heteroatoms. The minimum absolute atomic E-state index is 0.542. The fourth-order valence-corrected chi connectivity index (χ4v) is 2.53. The van der Waals surface area contributed by atoms with Gasteiger partial charge >= 0.3 is 0 Å². The summed E-state index contributed by atoms with van der Waals surface area (Å²) in [5.41, 5.74) is 2.31. The van der Waals surface area contributed by atoms with Gasteiger partial charge in [0.05, 0.1) is 0 Å². The molecule has 0 saturated carbocycles. The zero-order chi connectivity index (χ0) is 11.5. The number of aryl methyl sites for hydroxylation is 1. The molecular formula is C13H16N2S. The molecule has 0 amide bonds. The van der Waals surface area contributed by atoms with Gasteiger partial charge in [-0.05, 0) is 24.0 Å². The molecule has 2 rings (SSSR count). The SMILES string of the molecule is CCc1cccnc1-c1ncc(C(C)C)s1. The van der Waals surface area contributed by atoms with Crippen LogP contribution in [-0.2, 0) is 6.42 Å². The standard InChI is InChI=1S/C13H16N2S/c1-4-10-6-5-7-14-12(10)13-15-8-11(16-13)9(2)3/h5-9H,4H2,1-3H3. The van der Waals surface area contributed by atoms with Gasteiger partial charge in [-0.2, -0.15) is 0 Å². The van der Waals surface area contributed by atoms with E-state index >= 15 is 0 Å². The molecule has 0 aliphatic heterocycles. The van der Waals surface area contributed by atoms with Crippen LogP contribution in [0.1, 0.15) is 37.1 Å². The molecule has 0 unspecified atom stereocenters. The lowest BCUT2D eigenvalue weighted by Gasteiger charge is -2.02. The topological polar surface area (TPSA) is 25.8 Å². The van der Waals surface area contributed by atoms with E-state index in [1.165, 1.54) is 10.4 Å². The molecule has 2 nitrogen and oxygen atoms in total. The molecule has 0 atom stereocenters. The first-order chi connectivity index (χ1) is 7.72. The van der Waals surface area contributed by atoms with E-state index in [1.807, 2.05) is 18.5 Å². The van der Waals surface area contributed by atoms with Gasteiger partial charge in [-0.25, -0.2) is 4.98 Å². The zero-order valence-corrected chi connectivity index (χ0v) is 10.7. The van der Waals surface area contributed by atoms with Crippen molar-refractivity contribution in [3.05, 3.63) is 35.0 Å². The minimum Gasteiger partial charge on any atom is -0.253 e. The highest BCUT2D eigenvalue weighted by Gasteiger charge is 2.11. The number of hydrogen-bond donors (Lipinski definition) is 0. The van der Waals surface area contributed by atoms with E-state index in [2.05, 4.69) is 36.8 Å². The van der Waals surface area contributed by atoms with Crippen LogP contribution in [0.2, 0.25) is 0 Å². The maximum Gasteiger partial charge on any atom is 0.142 e. The Bertz CT molecular complexity index is 474. The molecule has 0 fully saturated rings. The predicted molar refractivity (Wildman–Crippen MR) is 68.8 cm³/mol. The number of pyridine rings is 1. The Balaban J connectivity index is 2.42. The van der Waals surface area contributed by atoms with Crippen molar-refractivity contribution in [3.8, 4) is 10.7 Å². The molecule has 0 bridgehead atoms. The molecule has 2 aromatic heterocycles. The predicted octanol–water partition coefficient (Wildman–Crippen LogP) is 3.89. The molecule has 2 heterocycles. The molecule has 0 N–H and O–H groups in total. The molecule has 0 aromatic carbocycles. The molecular weight excluding hydrogens is 216 g/mol. The maximum absolute atomic E-state index is 4.47. The normalized spacial score (nSPS) is 11.0. The molecule has 0 aliphatic rings. The first-order valence-corrected chi connectivity index (χ1v) is 6.44. The highest BCUT2D eigenvalue weighted by Crippen LogP contribution is 2.30. The third kappa shape index (κ3) is 2.14. The largest absolute Gasteiger partial charge is 0.253 e. The summed E-state index contributed by atoms with van der Waals surface area (Å²) in [7, 11) is 0. The number of nitrogens with zero attached hydrogens (tertiary/aromatic N) is 2. The van der Waals surface area contributed by atoms with E-state index < -0.39 is 0 Å². The van der Waals surface area contributed by atoms with Crippen molar-refractivity contribution in [2.45, 2.75) is 33.1 Å². The summed E-state index contributed by atoms with van der Waals surface area (Å²) in [6, 6.07) is 4.11. The second kappa shape index (κ2) is 4.74. The van der Waals surface area contributed by atoms with Crippen molar-refractivity contribution < 1.29 is 0 Å². The van der Waals surface area contributed by atoms with Gasteiger partial charge in [-0.15, -0.1) is 11.3 Å². The van der Waals surface area contributed by atoms with Gasteiger partial charge in [-0.3, -0.25) is 4.98 Å². The Kier molecular flexibility index (Phi) is 3.34. The van der Waals surface area contributed by atoms with E-state index in [0.717, 1.165) is 17.1 Å². The Morgan fingerprint density at radius 2 is 2.12 bits per heavy atom. The van der Waals surface area contributed by atoms with Gasteiger partial charge in [0, 0.05) is 17.3 Å². The van der Waals surface area contributed by atoms with Crippen LogP contribution in [0.3, 0.4) is 0 Å². The summed E-state index contributed by atoms with van der Waals surface area (Å²) in [5.74, 6) is 0.542. The molecule has 0 aliphatic carbocycles. The van der Waals surface area contributed by atoms with Crippen molar-refractivity contribution in [3.63, 3.8) is 0 Å². The van der Waals surface area contributed by atoms with Gasteiger partial charge in [0.15, 0.2) is 0 Å². The van der Waals surface area contributed by atoms with Crippen LogP contribution in [0.25, 0.3) is 10.7 Å². The van der Waals surface area contributed by atoms with Crippen LogP contribution in [0, 0.1) is 0 Å². The molecule has 0 radical (unpaired) electrons. The average Bonchev–Trinajstić information content (AvgIpc) is 2.78. The summed E-state index contributed by atoms with van der Waals surface area (Å²) >= 11 is 1.75. The highest BCUT2D eigenvalue weighted by molar-refractivity contribution is 7.15. The van der Waals surface area contributed by atoms with E-state index in [1.54, 1.807) is 11.3 Å². The van der Waals surface area contributed by atoms with Gasteiger partial charge in [0.2, 0.25) is 0 Å². The lowest BCUT2D eigenvalue weighted by Crippen LogP contribution is -1.89. The number of hydrogen-bond acceptors (Lipinski definition) is 3. The smallest absolute Gasteiger partial charge is 0.142 e.